The van der Waals surface area contributed by atoms with Crippen LogP contribution in [0.25, 0.3) is 76.7 Å². The van der Waals surface area contributed by atoms with Gasteiger partial charge in [-0.05, 0) is 149 Å². The predicted molar refractivity (Wildman–Crippen MR) is 318 cm³/mol. The van der Waals surface area contributed by atoms with Gasteiger partial charge in [-0.3, -0.25) is 0 Å². The minimum absolute atomic E-state index is 0.146. The lowest BCUT2D eigenvalue weighted by Gasteiger charge is -2.42. The number of benzene rings is 11. The van der Waals surface area contributed by atoms with Gasteiger partial charge in [-0.25, -0.2) is 0 Å². The standard InChI is InChI=1S/C70H56BN3/c1-69(2,3)65-54-33-19-20-34-55(54)66(70(4,5)6)59-44-63-61(43-58(59)65)71-67-60(57-36-23-35-56-53-32-21-22-37-62(53)74(71)68(56)57)41-52(72(49-28-15-9-16-29-49)50-30-17-10-18-31-50)42-64(67)73(63)51-39-47(45-24-11-7-12-25-45)38-48(40-51)46-26-13-8-14-27-46/h7-44H,1-6H3. The first-order chi connectivity index (χ1) is 36.0. The van der Waals surface area contributed by atoms with E-state index in [0.29, 0.717) is 0 Å². The molecule has 74 heavy (non-hydrogen) atoms. The van der Waals surface area contributed by atoms with Crippen LogP contribution < -0.4 is 20.7 Å². The zero-order valence-electron chi connectivity index (χ0n) is 42.9. The topological polar surface area (TPSA) is 11.4 Å². The number of hydrogen-bond acceptors (Lipinski definition) is 2. The third kappa shape index (κ3) is 6.74. The summed E-state index contributed by atoms with van der Waals surface area (Å²) in [6.07, 6.45) is 0. The number of fused-ring (bicyclic) bond motifs is 9. The molecule has 2 aliphatic rings. The molecule has 0 saturated heterocycles. The van der Waals surface area contributed by atoms with Gasteiger partial charge >= 0.3 is 6.85 Å². The highest BCUT2D eigenvalue weighted by molar-refractivity contribution is 6.90. The van der Waals surface area contributed by atoms with Gasteiger partial charge in [0.15, 0.2) is 0 Å². The lowest BCUT2D eigenvalue weighted by molar-refractivity contribution is 0.593. The number of hydrogen-bond donors (Lipinski definition) is 0. The fourth-order valence-corrected chi connectivity index (χ4v) is 13.0. The summed E-state index contributed by atoms with van der Waals surface area (Å²) in [6.45, 7) is 14.2. The summed E-state index contributed by atoms with van der Waals surface area (Å²) in [5.74, 6) is 0. The molecule has 0 spiro atoms. The normalized spacial score (nSPS) is 12.9. The van der Waals surface area contributed by atoms with Crippen LogP contribution >= 0.6 is 0 Å². The monoisotopic (exact) mass is 949 g/mol. The molecular formula is C70H56BN3. The Hall–Kier alpha value is -8.60. The first-order valence-electron chi connectivity index (χ1n) is 26.2. The van der Waals surface area contributed by atoms with Crippen molar-refractivity contribution >= 4 is 95.2 Å². The number of rotatable bonds is 6. The first-order valence-corrected chi connectivity index (χ1v) is 26.2. The summed E-state index contributed by atoms with van der Waals surface area (Å²) in [5.41, 5.74) is 21.6. The maximum Gasteiger partial charge on any atom is 0.333 e. The molecule has 0 bridgehead atoms. The van der Waals surface area contributed by atoms with Gasteiger partial charge in [0, 0.05) is 61.5 Å². The molecule has 14 rings (SSSR count). The molecule has 11 aromatic carbocycles. The molecule has 3 heterocycles. The van der Waals surface area contributed by atoms with Crippen LogP contribution in [0.3, 0.4) is 0 Å². The molecule has 0 saturated carbocycles. The third-order valence-corrected chi connectivity index (χ3v) is 15.8. The third-order valence-electron chi connectivity index (χ3n) is 15.8. The highest BCUT2D eigenvalue weighted by atomic mass is 15.2. The second kappa shape index (κ2) is 16.5. The van der Waals surface area contributed by atoms with Crippen LogP contribution in [-0.2, 0) is 10.8 Å². The molecule has 12 aromatic rings. The van der Waals surface area contributed by atoms with Crippen molar-refractivity contribution in [2.45, 2.75) is 52.4 Å². The van der Waals surface area contributed by atoms with E-state index in [1.165, 1.54) is 110 Å². The van der Waals surface area contributed by atoms with Gasteiger partial charge in [-0.2, -0.15) is 0 Å². The van der Waals surface area contributed by atoms with Crippen LogP contribution in [0.4, 0.5) is 34.1 Å². The summed E-state index contributed by atoms with van der Waals surface area (Å²) in [5, 5.41) is 7.86. The van der Waals surface area contributed by atoms with Crippen LogP contribution in [-0.4, -0.2) is 11.3 Å². The van der Waals surface area contributed by atoms with E-state index in [1.54, 1.807) is 0 Å². The molecule has 0 radical (unpaired) electrons. The Bertz CT molecular complexity index is 4100. The van der Waals surface area contributed by atoms with E-state index in [4.69, 9.17) is 0 Å². The highest BCUT2D eigenvalue weighted by Gasteiger charge is 2.44. The largest absolute Gasteiger partial charge is 0.375 e. The summed E-state index contributed by atoms with van der Waals surface area (Å²) in [6, 6.07) is 86.4. The van der Waals surface area contributed by atoms with E-state index < -0.39 is 0 Å². The minimum Gasteiger partial charge on any atom is -0.375 e. The van der Waals surface area contributed by atoms with Gasteiger partial charge in [-0.15, -0.1) is 0 Å². The zero-order chi connectivity index (χ0) is 50.0. The van der Waals surface area contributed by atoms with Crippen molar-refractivity contribution in [3.05, 3.63) is 242 Å². The summed E-state index contributed by atoms with van der Waals surface area (Å²) >= 11 is 0. The van der Waals surface area contributed by atoms with E-state index in [-0.39, 0.29) is 17.7 Å². The molecule has 1 aromatic heterocycles. The molecule has 4 heteroatoms. The lowest BCUT2D eigenvalue weighted by Crippen LogP contribution is -2.56. The van der Waals surface area contributed by atoms with Crippen molar-refractivity contribution in [1.29, 1.82) is 0 Å². The van der Waals surface area contributed by atoms with Crippen molar-refractivity contribution in [1.82, 2.24) is 4.48 Å². The van der Waals surface area contributed by atoms with E-state index in [0.717, 1.165) is 22.7 Å². The van der Waals surface area contributed by atoms with Crippen LogP contribution in [0.2, 0.25) is 0 Å². The van der Waals surface area contributed by atoms with Crippen LogP contribution in [0.5, 0.6) is 0 Å². The second-order valence-corrected chi connectivity index (χ2v) is 22.5. The molecule has 0 N–H and O–H groups in total. The fourth-order valence-electron chi connectivity index (χ4n) is 13.0. The average Bonchev–Trinajstić information content (AvgIpc) is 3.83. The molecule has 3 nitrogen and oxygen atoms in total. The van der Waals surface area contributed by atoms with Gasteiger partial charge < -0.3 is 14.3 Å². The number of aromatic nitrogens is 1. The molecule has 2 aliphatic heterocycles. The molecular weight excluding hydrogens is 894 g/mol. The summed E-state index contributed by atoms with van der Waals surface area (Å²) in [7, 11) is 0. The summed E-state index contributed by atoms with van der Waals surface area (Å²) < 4.78 is 2.71. The van der Waals surface area contributed by atoms with E-state index in [2.05, 4.69) is 286 Å². The van der Waals surface area contributed by atoms with Crippen molar-refractivity contribution < 1.29 is 0 Å². The molecule has 354 valence electrons. The van der Waals surface area contributed by atoms with Crippen molar-refractivity contribution in [3.63, 3.8) is 0 Å². The highest BCUT2D eigenvalue weighted by Crippen LogP contribution is 2.52. The van der Waals surface area contributed by atoms with Gasteiger partial charge in [-0.1, -0.05) is 205 Å². The van der Waals surface area contributed by atoms with Gasteiger partial charge in [0.05, 0.1) is 0 Å². The van der Waals surface area contributed by atoms with Crippen molar-refractivity contribution in [3.8, 4) is 33.4 Å². The maximum atomic E-state index is 2.71. The molecule has 0 unspecified atom stereocenters. The van der Waals surface area contributed by atoms with Crippen LogP contribution in [0.15, 0.2) is 231 Å². The SMILES string of the molecule is CC(C)(C)c1c2ccccc2c(C(C)(C)C)c2cc3c(cc12)B1c2c(cc(N(c4ccccc4)c4ccccc4)cc2N3c2cc(-c3ccccc3)cc(-c3ccccc3)c2)-c2cccc3c4ccccc4n1c23. The Morgan fingerprint density at radius 2 is 0.865 bits per heavy atom. The molecule has 0 amide bonds. The smallest absolute Gasteiger partial charge is 0.333 e. The molecule has 0 aliphatic carbocycles. The Kier molecular flexibility index (Phi) is 9.82. The quantitative estimate of drug-likeness (QED) is 0.122. The van der Waals surface area contributed by atoms with Crippen LogP contribution in [0, 0.1) is 0 Å². The Labute approximate surface area is 434 Å². The summed E-state index contributed by atoms with van der Waals surface area (Å²) in [4.78, 5) is 5.09. The average molecular weight is 950 g/mol. The maximum absolute atomic E-state index is 2.71. The van der Waals surface area contributed by atoms with Gasteiger partial charge in [0.1, 0.15) is 0 Å². The van der Waals surface area contributed by atoms with E-state index >= 15 is 0 Å². The number of anilines is 6. The molecule has 0 fully saturated rings. The Balaban J connectivity index is 1.20. The Morgan fingerprint density at radius 1 is 0.365 bits per heavy atom. The van der Waals surface area contributed by atoms with E-state index in [1.807, 2.05) is 0 Å². The van der Waals surface area contributed by atoms with Crippen molar-refractivity contribution in [2.24, 2.45) is 0 Å². The van der Waals surface area contributed by atoms with Gasteiger partial charge in [0.25, 0.3) is 0 Å². The second-order valence-electron chi connectivity index (χ2n) is 22.5. The number of nitrogens with zero attached hydrogens (tertiary/aromatic N) is 3. The van der Waals surface area contributed by atoms with Crippen molar-refractivity contribution in [2.75, 3.05) is 9.80 Å². The van der Waals surface area contributed by atoms with E-state index in [9.17, 15) is 0 Å². The van der Waals surface area contributed by atoms with Crippen LogP contribution in [0.1, 0.15) is 52.7 Å². The zero-order valence-corrected chi connectivity index (χ0v) is 42.9. The number of para-hydroxylation sites is 4. The predicted octanol–water partition coefficient (Wildman–Crippen LogP) is 17.9. The Morgan fingerprint density at radius 3 is 1.43 bits per heavy atom. The molecule has 0 atom stereocenters. The fraction of sp³-hybridized carbons (Fsp3) is 0.114. The first kappa shape index (κ1) is 44.1. The lowest BCUT2D eigenvalue weighted by atomic mass is 9.44. The van der Waals surface area contributed by atoms with Gasteiger partial charge in [0.2, 0.25) is 0 Å². The minimum atomic E-state index is -0.174.